The largest absolute Gasteiger partial charge is 0.480 e. The van der Waals surface area contributed by atoms with Crippen LogP contribution in [0.4, 0.5) is 4.79 Å². The van der Waals surface area contributed by atoms with E-state index in [0.29, 0.717) is 19.0 Å². The molecule has 23 heavy (non-hydrogen) atoms. The Bertz CT molecular complexity index is 387. The number of hydrogen-bond acceptors (Lipinski definition) is 4. The van der Waals surface area contributed by atoms with Crippen LogP contribution in [0.3, 0.4) is 0 Å². The molecule has 0 unspecified atom stereocenters. The number of aliphatic carboxylic acids is 1. The fraction of sp³-hybridized carbons (Fsp3) is 0.882. The third-order valence-electron chi connectivity index (χ3n) is 4.19. The second-order valence-corrected chi connectivity index (χ2v) is 7.44. The lowest BCUT2D eigenvalue weighted by molar-refractivity contribution is -0.142. The molecule has 0 aromatic rings. The number of nitrogens with zero attached hydrogens (tertiary/aromatic N) is 1. The minimum Gasteiger partial charge on any atom is -0.480 e. The lowest BCUT2D eigenvalue weighted by atomic mass is 9.88. The van der Waals surface area contributed by atoms with Crippen LogP contribution in [0.25, 0.3) is 0 Å². The second-order valence-electron chi connectivity index (χ2n) is 7.44. The third-order valence-corrected chi connectivity index (χ3v) is 4.19. The minimum atomic E-state index is -0.821. The average molecular weight is 328 g/mol. The maximum absolute atomic E-state index is 11.7. The van der Waals surface area contributed by atoms with Crippen LogP contribution in [0.1, 0.15) is 59.8 Å². The summed E-state index contributed by atoms with van der Waals surface area (Å²) in [6.45, 7) is 8.84. The first kappa shape index (κ1) is 19.7. The van der Waals surface area contributed by atoms with Crippen molar-refractivity contribution in [3.05, 3.63) is 0 Å². The fourth-order valence-corrected chi connectivity index (χ4v) is 2.92. The van der Waals surface area contributed by atoms with Crippen LogP contribution in [0.2, 0.25) is 0 Å². The summed E-state index contributed by atoms with van der Waals surface area (Å²) in [5.41, 5.74) is -0.528. The smallest absolute Gasteiger partial charge is 0.407 e. The highest BCUT2D eigenvalue weighted by Gasteiger charge is 2.25. The van der Waals surface area contributed by atoms with E-state index >= 15 is 0 Å². The molecule has 1 aliphatic carbocycles. The Morgan fingerprint density at radius 3 is 2.39 bits per heavy atom. The van der Waals surface area contributed by atoms with E-state index in [1.807, 2.05) is 25.7 Å². The summed E-state index contributed by atoms with van der Waals surface area (Å²) in [5.74, 6) is -0.259. The number of carboxylic acid groups (broad SMARTS) is 1. The predicted octanol–water partition coefficient (Wildman–Crippen LogP) is 2.87. The van der Waals surface area contributed by atoms with Crippen molar-refractivity contribution in [1.82, 2.24) is 10.2 Å². The molecule has 0 bridgehead atoms. The number of amides is 1. The van der Waals surface area contributed by atoms with Gasteiger partial charge in [-0.15, -0.1) is 0 Å². The minimum absolute atomic E-state index is 0.388. The van der Waals surface area contributed by atoms with Crippen molar-refractivity contribution < 1.29 is 19.4 Å². The van der Waals surface area contributed by atoms with E-state index < -0.39 is 23.7 Å². The molecule has 0 aliphatic heterocycles. The molecule has 0 radical (unpaired) electrons. The molecule has 0 aromatic carbocycles. The van der Waals surface area contributed by atoms with E-state index in [2.05, 4.69) is 5.32 Å². The van der Waals surface area contributed by atoms with Crippen molar-refractivity contribution in [2.45, 2.75) is 71.4 Å². The highest BCUT2D eigenvalue weighted by molar-refractivity contribution is 5.72. The Kier molecular flexibility index (Phi) is 7.82. The van der Waals surface area contributed by atoms with Crippen LogP contribution < -0.4 is 5.32 Å². The van der Waals surface area contributed by atoms with Gasteiger partial charge in [-0.3, -0.25) is 9.69 Å². The topological polar surface area (TPSA) is 78.9 Å². The lowest BCUT2D eigenvalue weighted by Gasteiger charge is -2.32. The zero-order valence-corrected chi connectivity index (χ0v) is 14.9. The molecule has 1 amide bonds. The number of alkyl carbamates (subject to hydrolysis) is 1. The van der Waals surface area contributed by atoms with Gasteiger partial charge >= 0.3 is 12.1 Å². The van der Waals surface area contributed by atoms with Crippen molar-refractivity contribution >= 4 is 12.1 Å². The molecule has 0 heterocycles. The van der Waals surface area contributed by atoms with E-state index in [1.165, 1.54) is 32.1 Å². The molecular weight excluding hydrogens is 296 g/mol. The summed E-state index contributed by atoms with van der Waals surface area (Å²) in [4.78, 5) is 24.9. The predicted molar refractivity (Wildman–Crippen MR) is 89.5 cm³/mol. The number of carbonyl (C=O) groups is 2. The van der Waals surface area contributed by atoms with Crippen molar-refractivity contribution in [1.29, 1.82) is 0 Å². The summed E-state index contributed by atoms with van der Waals surface area (Å²) in [6.07, 6.45) is 5.63. The van der Waals surface area contributed by atoms with Crippen molar-refractivity contribution in [2.75, 3.05) is 19.6 Å². The molecule has 1 fully saturated rings. The van der Waals surface area contributed by atoms with Crippen LogP contribution in [0, 0.1) is 5.92 Å². The number of ether oxygens (including phenoxy) is 1. The fourth-order valence-electron chi connectivity index (χ4n) is 2.92. The summed E-state index contributed by atoms with van der Waals surface area (Å²) >= 11 is 0. The third kappa shape index (κ3) is 8.21. The van der Waals surface area contributed by atoms with Crippen molar-refractivity contribution in [3.8, 4) is 0 Å². The molecule has 2 N–H and O–H groups in total. The molecule has 1 saturated carbocycles. The Hall–Kier alpha value is -1.30. The van der Waals surface area contributed by atoms with E-state index in [4.69, 9.17) is 4.74 Å². The standard InChI is InChI=1S/C17H32N2O4/c1-13(15(20)21)19(12-14-8-6-5-7-9-14)11-10-18-16(22)23-17(2,3)4/h13-14H,5-12H2,1-4H3,(H,18,22)(H,20,21)/t13-/m0/s1. The van der Waals surface area contributed by atoms with Gasteiger partial charge in [-0.25, -0.2) is 4.79 Å². The zero-order valence-electron chi connectivity index (χ0n) is 14.9. The Morgan fingerprint density at radius 2 is 1.87 bits per heavy atom. The SMILES string of the molecule is C[C@@H](C(=O)O)N(CCNC(=O)OC(C)(C)C)CC1CCCCC1. The first-order valence-corrected chi connectivity index (χ1v) is 8.63. The quantitative estimate of drug-likeness (QED) is 0.751. The molecule has 1 atom stereocenters. The number of carbonyl (C=O) groups excluding carboxylic acids is 1. The maximum atomic E-state index is 11.7. The van der Waals surface area contributed by atoms with Gasteiger partial charge in [-0.2, -0.15) is 0 Å². The van der Waals surface area contributed by atoms with Gasteiger partial charge in [-0.1, -0.05) is 19.3 Å². The van der Waals surface area contributed by atoms with Crippen LogP contribution in [-0.2, 0) is 9.53 Å². The van der Waals surface area contributed by atoms with Crippen LogP contribution in [0.15, 0.2) is 0 Å². The molecule has 6 nitrogen and oxygen atoms in total. The molecule has 0 aromatic heterocycles. The van der Waals surface area contributed by atoms with Crippen LogP contribution >= 0.6 is 0 Å². The highest BCUT2D eigenvalue weighted by Crippen LogP contribution is 2.25. The number of carboxylic acids is 1. The van der Waals surface area contributed by atoms with Crippen molar-refractivity contribution in [3.63, 3.8) is 0 Å². The van der Waals surface area contributed by atoms with Gasteiger partial charge in [0.15, 0.2) is 0 Å². The molecule has 1 rings (SSSR count). The maximum Gasteiger partial charge on any atom is 0.407 e. The Labute approximate surface area is 139 Å². The summed E-state index contributed by atoms with van der Waals surface area (Å²) in [7, 11) is 0. The van der Waals surface area contributed by atoms with Crippen LogP contribution in [-0.4, -0.2) is 53.3 Å². The Morgan fingerprint density at radius 1 is 1.26 bits per heavy atom. The monoisotopic (exact) mass is 328 g/mol. The van der Waals surface area contributed by atoms with E-state index in [1.54, 1.807) is 6.92 Å². The highest BCUT2D eigenvalue weighted by atomic mass is 16.6. The van der Waals surface area contributed by atoms with E-state index in [9.17, 15) is 14.7 Å². The number of rotatable bonds is 7. The molecule has 1 aliphatic rings. The summed E-state index contributed by atoms with van der Waals surface area (Å²) < 4.78 is 5.19. The second kappa shape index (κ2) is 9.11. The first-order chi connectivity index (χ1) is 10.7. The first-order valence-electron chi connectivity index (χ1n) is 8.63. The molecule has 0 spiro atoms. The lowest BCUT2D eigenvalue weighted by Crippen LogP contribution is -2.46. The molecule has 0 saturated heterocycles. The van der Waals surface area contributed by atoms with Gasteiger partial charge in [0.1, 0.15) is 11.6 Å². The van der Waals surface area contributed by atoms with Gasteiger partial charge in [-0.05, 0) is 46.5 Å². The van der Waals surface area contributed by atoms with Gasteiger partial charge in [0.2, 0.25) is 0 Å². The van der Waals surface area contributed by atoms with Crippen LogP contribution in [0.5, 0.6) is 0 Å². The zero-order chi connectivity index (χ0) is 17.5. The summed E-state index contributed by atoms with van der Waals surface area (Å²) in [6, 6.07) is -0.544. The normalized spacial score (nSPS) is 17.8. The molecular formula is C17H32N2O4. The van der Waals surface area contributed by atoms with Gasteiger partial charge in [0, 0.05) is 19.6 Å². The number of nitrogens with one attached hydrogen (secondary N) is 1. The van der Waals surface area contributed by atoms with E-state index in [0.717, 1.165) is 6.54 Å². The van der Waals surface area contributed by atoms with Gasteiger partial charge in [0.25, 0.3) is 0 Å². The Balaban J connectivity index is 2.46. The molecule has 134 valence electrons. The molecule has 6 heteroatoms. The number of hydrogen-bond donors (Lipinski definition) is 2. The van der Waals surface area contributed by atoms with Gasteiger partial charge in [0.05, 0.1) is 0 Å². The summed E-state index contributed by atoms with van der Waals surface area (Å²) in [5, 5.41) is 12.0. The average Bonchev–Trinajstić information content (AvgIpc) is 2.44. The van der Waals surface area contributed by atoms with Gasteiger partial charge < -0.3 is 15.2 Å². The van der Waals surface area contributed by atoms with Crippen molar-refractivity contribution in [2.24, 2.45) is 5.92 Å². The van der Waals surface area contributed by atoms with E-state index in [-0.39, 0.29) is 0 Å².